The van der Waals surface area contributed by atoms with Crippen LogP contribution in [0.25, 0.3) is 0 Å². The van der Waals surface area contributed by atoms with Crippen LogP contribution in [0.15, 0.2) is 0 Å². The Morgan fingerprint density at radius 2 is 1.88 bits per heavy atom. The summed E-state index contributed by atoms with van der Waals surface area (Å²) in [6.07, 6.45) is 2.84. The summed E-state index contributed by atoms with van der Waals surface area (Å²) >= 11 is 0. The molecular weight excluding hydrogens is 216 g/mol. The zero-order valence-electron chi connectivity index (χ0n) is 11.7. The Morgan fingerprint density at radius 3 is 2.47 bits per heavy atom. The number of rotatable bonds is 10. The van der Waals surface area contributed by atoms with Gasteiger partial charge in [0, 0.05) is 12.6 Å². The predicted octanol–water partition coefficient (Wildman–Crippen LogP) is 1.70. The highest BCUT2D eigenvalue weighted by molar-refractivity contribution is 5.80. The molecule has 0 aliphatic rings. The molecule has 0 spiro atoms. The van der Waals surface area contributed by atoms with E-state index in [9.17, 15) is 4.79 Å². The Kier molecular flexibility index (Phi) is 10.2. The number of amides is 1. The van der Waals surface area contributed by atoms with Crippen LogP contribution in [0, 0.1) is 0 Å². The van der Waals surface area contributed by atoms with Gasteiger partial charge < -0.3 is 15.4 Å². The van der Waals surface area contributed by atoms with E-state index < -0.39 is 0 Å². The fraction of sp³-hybridized carbons (Fsp3) is 0.923. The second kappa shape index (κ2) is 10.5. The van der Waals surface area contributed by atoms with Crippen molar-refractivity contribution in [2.75, 3.05) is 19.7 Å². The lowest BCUT2D eigenvalue weighted by Crippen LogP contribution is -2.40. The zero-order valence-corrected chi connectivity index (χ0v) is 11.7. The van der Waals surface area contributed by atoms with Gasteiger partial charge in [-0.25, -0.2) is 0 Å². The van der Waals surface area contributed by atoms with Crippen molar-refractivity contribution in [3.8, 4) is 0 Å². The number of hydrogen-bond acceptors (Lipinski definition) is 3. The van der Waals surface area contributed by atoms with E-state index in [1.807, 2.05) is 6.92 Å². The molecule has 0 fully saturated rings. The standard InChI is InChI=1S/C13H28N2O2/c1-5-7-11(3)15-13(16)12(4)17-10-9-14-8-6-2/h11-12,14H,5-10H2,1-4H3,(H,15,16). The summed E-state index contributed by atoms with van der Waals surface area (Å²) in [4.78, 5) is 11.7. The largest absolute Gasteiger partial charge is 0.367 e. The van der Waals surface area contributed by atoms with Crippen LogP contribution in [0.4, 0.5) is 0 Å². The Bertz CT molecular complexity index is 198. The summed E-state index contributed by atoms with van der Waals surface area (Å²) in [6, 6.07) is 0.233. The van der Waals surface area contributed by atoms with Gasteiger partial charge in [0.05, 0.1) is 6.61 Å². The molecule has 2 atom stereocenters. The Labute approximate surface area is 105 Å². The van der Waals surface area contributed by atoms with E-state index in [1.165, 1.54) is 0 Å². The summed E-state index contributed by atoms with van der Waals surface area (Å²) in [7, 11) is 0. The Balaban J connectivity index is 3.60. The minimum absolute atomic E-state index is 0.0126. The molecule has 0 aromatic rings. The smallest absolute Gasteiger partial charge is 0.249 e. The minimum atomic E-state index is -0.363. The lowest BCUT2D eigenvalue weighted by molar-refractivity contribution is -0.132. The third-order valence-electron chi connectivity index (χ3n) is 2.55. The van der Waals surface area contributed by atoms with Crippen molar-refractivity contribution in [2.24, 2.45) is 0 Å². The molecule has 0 aromatic heterocycles. The van der Waals surface area contributed by atoms with Gasteiger partial charge in [0.1, 0.15) is 6.10 Å². The van der Waals surface area contributed by atoms with E-state index in [-0.39, 0.29) is 18.1 Å². The zero-order chi connectivity index (χ0) is 13.1. The highest BCUT2D eigenvalue weighted by Gasteiger charge is 2.14. The summed E-state index contributed by atoms with van der Waals surface area (Å²) in [5.41, 5.74) is 0. The number of carbonyl (C=O) groups is 1. The molecule has 0 saturated heterocycles. The molecule has 0 bridgehead atoms. The van der Waals surface area contributed by atoms with Crippen LogP contribution in [0.1, 0.15) is 47.0 Å². The summed E-state index contributed by atoms with van der Waals surface area (Å²) in [5, 5.41) is 6.18. The SMILES string of the molecule is CCCNCCOC(C)C(=O)NC(C)CCC. The highest BCUT2D eigenvalue weighted by atomic mass is 16.5. The first kappa shape index (κ1) is 16.4. The van der Waals surface area contributed by atoms with Gasteiger partial charge in [-0.3, -0.25) is 4.79 Å². The van der Waals surface area contributed by atoms with Crippen molar-refractivity contribution < 1.29 is 9.53 Å². The lowest BCUT2D eigenvalue weighted by atomic mass is 10.2. The molecule has 0 heterocycles. The molecule has 102 valence electrons. The second-order valence-corrected chi connectivity index (χ2v) is 4.46. The van der Waals surface area contributed by atoms with Gasteiger partial charge in [-0.2, -0.15) is 0 Å². The van der Waals surface area contributed by atoms with E-state index in [0.29, 0.717) is 6.61 Å². The molecule has 0 rings (SSSR count). The van der Waals surface area contributed by atoms with Crippen LogP contribution in [-0.4, -0.2) is 37.7 Å². The molecule has 4 nitrogen and oxygen atoms in total. The number of hydrogen-bond donors (Lipinski definition) is 2. The Hall–Kier alpha value is -0.610. The van der Waals surface area contributed by atoms with Gasteiger partial charge in [0.2, 0.25) is 5.91 Å². The topological polar surface area (TPSA) is 50.4 Å². The highest BCUT2D eigenvalue weighted by Crippen LogP contribution is 1.97. The van der Waals surface area contributed by atoms with E-state index >= 15 is 0 Å². The Morgan fingerprint density at radius 1 is 1.18 bits per heavy atom. The van der Waals surface area contributed by atoms with Gasteiger partial charge in [-0.1, -0.05) is 20.3 Å². The van der Waals surface area contributed by atoms with E-state index in [2.05, 4.69) is 24.5 Å². The molecule has 0 saturated carbocycles. The van der Waals surface area contributed by atoms with Crippen LogP contribution in [0.3, 0.4) is 0 Å². The summed E-state index contributed by atoms with van der Waals surface area (Å²) < 4.78 is 5.45. The third kappa shape index (κ3) is 9.12. The molecule has 2 unspecified atom stereocenters. The molecule has 4 heteroatoms. The maximum absolute atomic E-state index is 11.7. The molecule has 0 aromatic carbocycles. The van der Waals surface area contributed by atoms with Crippen LogP contribution >= 0.6 is 0 Å². The average Bonchev–Trinajstić information content (AvgIpc) is 2.28. The number of carbonyl (C=O) groups excluding carboxylic acids is 1. The molecule has 0 aliphatic carbocycles. The van der Waals surface area contributed by atoms with Crippen molar-refractivity contribution >= 4 is 5.91 Å². The van der Waals surface area contributed by atoms with E-state index in [4.69, 9.17) is 4.74 Å². The molecule has 2 N–H and O–H groups in total. The quantitative estimate of drug-likeness (QED) is 0.575. The van der Waals surface area contributed by atoms with Crippen LogP contribution in [0.2, 0.25) is 0 Å². The first-order chi connectivity index (χ1) is 8.11. The van der Waals surface area contributed by atoms with Crippen LogP contribution < -0.4 is 10.6 Å². The maximum atomic E-state index is 11.7. The molecular formula is C13H28N2O2. The first-order valence-corrected chi connectivity index (χ1v) is 6.74. The summed E-state index contributed by atoms with van der Waals surface area (Å²) in [5.74, 6) is -0.0126. The van der Waals surface area contributed by atoms with E-state index in [1.54, 1.807) is 6.92 Å². The molecule has 0 radical (unpaired) electrons. The fourth-order valence-electron chi connectivity index (χ4n) is 1.55. The fourth-order valence-corrected chi connectivity index (χ4v) is 1.55. The van der Waals surface area contributed by atoms with Gasteiger partial charge in [0.15, 0.2) is 0 Å². The maximum Gasteiger partial charge on any atom is 0.249 e. The molecule has 0 aliphatic heterocycles. The summed E-state index contributed by atoms with van der Waals surface area (Å²) in [6.45, 7) is 10.4. The predicted molar refractivity (Wildman–Crippen MR) is 71.1 cm³/mol. The van der Waals surface area contributed by atoms with Gasteiger partial charge >= 0.3 is 0 Å². The first-order valence-electron chi connectivity index (χ1n) is 6.74. The number of nitrogens with one attached hydrogen (secondary N) is 2. The molecule has 17 heavy (non-hydrogen) atoms. The number of ether oxygens (including phenoxy) is 1. The third-order valence-corrected chi connectivity index (χ3v) is 2.55. The van der Waals surface area contributed by atoms with E-state index in [0.717, 1.165) is 32.4 Å². The normalized spacial score (nSPS) is 14.4. The average molecular weight is 244 g/mol. The van der Waals surface area contributed by atoms with Crippen LogP contribution in [-0.2, 0) is 9.53 Å². The minimum Gasteiger partial charge on any atom is -0.367 e. The van der Waals surface area contributed by atoms with Gasteiger partial charge in [-0.15, -0.1) is 0 Å². The van der Waals surface area contributed by atoms with Crippen molar-refractivity contribution in [3.63, 3.8) is 0 Å². The van der Waals surface area contributed by atoms with Crippen LogP contribution in [0.5, 0.6) is 0 Å². The molecule has 1 amide bonds. The van der Waals surface area contributed by atoms with Crippen molar-refractivity contribution in [2.45, 2.75) is 59.1 Å². The van der Waals surface area contributed by atoms with Gasteiger partial charge in [0.25, 0.3) is 0 Å². The monoisotopic (exact) mass is 244 g/mol. The lowest BCUT2D eigenvalue weighted by Gasteiger charge is -2.17. The van der Waals surface area contributed by atoms with Gasteiger partial charge in [-0.05, 0) is 33.2 Å². The second-order valence-electron chi connectivity index (χ2n) is 4.46. The van der Waals surface area contributed by atoms with Crippen molar-refractivity contribution in [1.82, 2.24) is 10.6 Å². The van der Waals surface area contributed by atoms with Crippen molar-refractivity contribution in [3.05, 3.63) is 0 Å². The van der Waals surface area contributed by atoms with Crippen molar-refractivity contribution in [1.29, 1.82) is 0 Å².